The van der Waals surface area contributed by atoms with E-state index in [4.69, 9.17) is 4.42 Å². The van der Waals surface area contributed by atoms with E-state index in [-0.39, 0.29) is 0 Å². The van der Waals surface area contributed by atoms with Crippen molar-refractivity contribution in [2.24, 2.45) is 0 Å². The zero-order valence-electron chi connectivity index (χ0n) is 10.3. The predicted molar refractivity (Wildman–Crippen MR) is 74.1 cm³/mol. The van der Waals surface area contributed by atoms with Gasteiger partial charge in [0.25, 0.3) is 0 Å². The van der Waals surface area contributed by atoms with Crippen LogP contribution in [0.15, 0.2) is 52.4 Å². The molecule has 0 saturated heterocycles. The van der Waals surface area contributed by atoms with E-state index in [2.05, 4.69) is 15.5 Å². The molecule has 5 nitrogen and oxygen atoms in total. The van der Waals surface area contributed by atoms with Gasteiger partial charge in [-0.25, -0.2) is 0 Å². The maximum atomic E-state index is 5.25. The Morgan fingerprint density at radius 3 is 3.11 bits per heavy atom. The number of hydrogen-bond acceptors (Lipinski definition) is 5. The highest BCUT2D eigenvalue weighted by Crippen LogP contribution is 2.15. The van der Waals surface area contributed by atoms with Gasteiger partial charge >= 0.3 is 0 Å². The normalized spacial score (nSPS) is 11.2. The molecule has 0 atom stereocenters. The summed E-state index contributed by atoms with van der Waals surface area (Å²) >= 11 is 1.69. The van der Waals surface area contributed by atoms with Gasteiger partial charge in [0.2, 0.25) is 0 Å². The van der Waals surface area contributed by atoms with Gasteiger partial charge in [0.1, 0.15) is 5.76 Å². The monoisotopic (exact) mass is 274 g/mol. The maximum absolute atomic E-state index is 5.25. The number of pyridine rings is 1. The Morgan fingerprint density at radius 1 is 1.21 bits per heavy atom. The molecule has 0 bridgehead atoms. The quantitative estimate of drug-likeness (QED) is 0.551. The number of nitrogens with one attached hydrogen (secondary N) is 1. The molecule has 98 valence electrons. The Balaban J connectivity index is 1.47. The third-order valence-corrected chi connectivity index (χ3v) is 3.62. The molecule has 0 amide bonds. The fraction of sp³-hybridized carbons (Fsp3) is 0.231. The summed E-state index contributed by atoms with van der Waals surface area (Å²) in [5, 5.41) is 12.5. The van der Waals surface area contributed by atoms with E-state index in [0.29, 0.717) is 0 Å². The van der Waals surface area contributed by atoms with E-state index in [1.807, 2.05) is 40.9 Å². The Morgan fingerprint density at radius 2 is 2.21 bits per heavy atom. The minimum Gasteiger partial charge on any atom is -0.468 e. The largest absolute Gasteiger partial charge is 0.468 e. The Bertz CT molecular complexity index is 635. The number of aromatic nitrogens is 3. The lowest BCUT2D eigenvalue weighted by atomic mass is 10.4. The third kappa shape index (κ3) is 2.97. The zero-order valence-corrected chi connectivity index (χ0v) is 11.1. The molecule has 0 unspecified atom stereocenters. The summed E-state index contributed by atoms with van der Waals surface area (Å²) in [6.45, 7) is 1.65. The number of fused-ring (bicyclic) bond motifs is 1. The number of furan rings is 1. The minimum absolute atomic E-state index is 0.758. The molecule has 3 aromatic rings. The smallest absolute Gasteiger partial charge is 0.195 e. The first-order chi connectivity index (χ1) is 9.43. The van der Waals surface area contributed by atoms with E-state index < -0.39 is 0 Å². The van der Waals surface area contributed by atoms with Crippen LogP contribution in [0.25, 0.3) is 5.65 Å². The minimum atomic E-state index is 0.758. The first kappa shape index (κ1) is 12.3. The van der Waals surface area contributed by atoms with E-state index in [1.54, 1.807) is 18.0 Å². The molecular formula is C13H14N4OS. The van der Waals surface area contributed by atoms with Crippen LogP contribution < -0.4 is 5.32 Å². The lowest BCUT2D eigenvalue weighted by molar-refractivity contribution is 0.488. The van der Waals surface area contributed by atoms with E-state index in [9.17, 15) is 0 Å². The number of nitrogens with zero attached hydrogens (tertiary/aromatic N) is 3. The number of rotatable bonds is 6. The van der Waals surface area contributed by atoms with Gasteiger partial charge in [-0.2, -0.15) is 0 Å². The van der Waals surface area contributed by atoms with Gasteiger partial charge in [-0.05, 0) is 24.3 Å². The molecule has 0 saturated carbocycles. The molecule has 19 heavy (non-hydrogen) atoms. The average molecular weight is 274 g/mol. The highest BCUT2D eigenvalue weighted by molar-refractivity contribution is 7.99. The summed E-state index contributed by atoms with van der Waals surface area (Å²) in [6, 6.07) is 9.76. The van der Waals surface area contributed by atoms with Crippen LogP contribution in [-0.4, -0.2) is 26.9 Å². The molecule has 3 heterocycles. The number of thioether (sulfide) groups is 1. The Hall–Kier alpha value is -1.79. The first-order valence-electron chi connectivity index (χ1n) is 6.09. The van der Waals surface area contributed by atoms with Crippen molar-refractivity contribution in [3.8, 4) is 0 Å². The van der Waals surface area contributed by atoms with E-state index in [1.165, 1.54) is 0 Å². The summed E-state index contributed by atoms with van der Waals surface area (Å²) < 4.78 is 7.25. The molecular weight excluding hydrogens is 260 g/mol. The SMILES string of the molecule is c1coc(CNCCSc2nnc3ccccn23)c1. The van der Waals surface area contributed by atoms with Crippen LogP contribution in [0.5, 0.6) is 0 Å². The van der Waals surface area contributed by atoms with Crippen LogP contribution in [0.2, 0.25) is 0 Å². The topological polar surface area (TPSA) is 55.4 Å². The van der Waals surface area contributed by atoms with Gasteiger partial charge in [-0.15, -0.1) is 10.2 Å². The van der Waals surface area contributed by atoms with Gasteiger partial charge in [0.05, 0.1) is 12.8 Å². The van der Waals surface area contributed by atoms with Crippen LogP contribution in [0.4, 0.5) is 0 Å². The van der Waals surface area contributed by atoms with Crippen molar-refractivity contribution >= 4 is 17.4 Å². The van der Waals surface area contributed by atoms with E-state index in [0.717, 1.165) is 35.4 Å². The lowest BCUT2D eigenvalue weighted by Crippen LogP contribution is -2.16. The molecule has 0 aromatic carbocycles. The van der Waals surface area contributed by atoms with Crippen molar-refractivity contribution in [2.75, 3.05) is 12.3 Å². The molecule has 0 fully saturated rings. The molecule has 0 radical (unpaired) electrons. The van der Waals surface area contributed by atoms with Gasteiger partial charge in [0.15, 0.2) is 10.8 Å². The van der Waals surface area contributed by atoms with Crippen LogP contribution in [0.1, 0.15) is 5.76 Å². The van der Waals surface area contributed by atoms with E-state index >= 15 is 0 Å². The molecule has 0 spiro atoms. The second-order valence-corrected chi connectivity index (χ2v) is 5.08. The molecule has 3 aromatic heterocycles. The van der Waals surface area contributed by atoms with Crippen LogP contribution in [-0.2, 0) is 6.54 Å². The van der Waals surface area contributed by atoms with Crippen molar-refractivity contribution in [1.29, 1.82) is 0 Å². The summed E-state index contributed by atoms with van der Waals surface area (Å²) in [4.78, 5) is 0. The summed E-state index contributed by atoms with van der Waals surface area (Å²) in [7, 11) is 0. The maximum Gasteiger partial charge on any atom is 0.195 e. The van der Waals surface area contributed by atoms with Gasteiger partial charge in [0, 0.05) is 18.5 Å². The highest BCUT2D eigenvalue weighted by atomic mass is 32.2. The highest BCUT2D eigenvalue weighted by Gasteiger charge is 2.04. The van der Waals surface area contributed by atoms with Crippen molar-refractivity contribution < 1.29 is 4.42 Å². The second-order valence-electron chi connectivity index (χ2n) is 4.02. The van der Waals surface area contributed by atoms with Gasteiger partial charge in [-0.3, -0.25) is 4.40 Å². The second kappa shape index (κ2) is 5.90. The van der Waals surface area contributed by atoms with Crippen molar-refractivity contribution in [2.45, 2.75) is 11.7 Å². The standard InChI is InChI=1S/C13H14N4OS/c1-2-7-17-12(5-1)15-16-13(17)19-9-6-14-10-11-4-3-8-18-11/h1-5,7-8,14H,6,9-10H2. The molecule has 0 aliphatic carbocycles. The van der Waals surface area contributed by atoms with Crippen molar-refractivity contribution in [1.82, 2.24) is 19.9 Å². The zero-order chi connectivity index (χ0) is 12.9. The van der Waals surface area contributed by atoms with Crippen LogP contribution >= 0.6 is 11.8 Å². The van der Waals surface area contributed by atoms with Gasteiger partial charge < -0.3 is 9.73 Å². The molecule has 0 aliphatic rings. The fourth-order valence-corrected chi connectivity index (χ4v) is 2.58. The Labute approximate surface area is 115 Å². The summed E-state index contributed by atoms with van der Waals surface area (Å²) in [5.41, 5.74) is 0.883. The van der Waals surface area contributed by atoms with Crippen LogP contribution in [0, 0.1) is 0 Å². The molecule has 0 aliphatic heterocycles. The van der Waals surface area contributed by atoms with Crippen LogP contribution in [0.3, 0.4) is 0 Å². The summed E-state index contributed by atoms with van der Waals surface area (Å²) in [6.07, 6.45) is 3.67. The van der Waals surface area contributed by atoms with Crippen molar-refractivity contribution in [3.63, 3.8) is 0 Å². The first-order valence-corrected chi connectivity index (χ1v) is 7.08. The predicted octanol–water partition coefficient (Wildman–Crippen LogP) is 2.20. The number of hydrogen-bond donors (Lipinski definition) is 1. The average Bonchev–Trinajstić information content (AvgIpc) is 3.08. The Kier molecular flexibility index (Phi) is 3.81. The fourth-order valence-electron chi connectivity index (χ4n) is 1.76. The molecule has 1 N–H and O–H groups in total. The summed E-state index contributed by atoms with van der Waals surface area (Å²) in [5.74, 6) is 1.90. The molecule has 6 heteroatoms. The lowest BCUT2D eigenvalue weighted by Gasteiger charge is -2.02. The van der Waals surface area contributed by atoms with Crippen molar-refractivity contribution in [3.05, 3.63) is 48.6 Å². The molecule has 3 rings (SSSR count). The third-order valence-electron chi connectivity index (χ3n) is 2.67. The van der Waals surface area contributed by atoms with Gasteiger partial charge in [-0.1, -0.05) is 17.8 Å².